The predicted octanol–water partition coefficient (Wildman–Crippen LogP) is 7.05. The third-order valence-electron chi connectivity index (χ3n) is 11.6. The highest BCUT2D eigenvalue weighted by atomic mass is 35.5. The number of allylic oxidation sites excluding steroid dienone is 2. The lowest BCUT2D eigenvalue weighted by molar-refractivity contribution is -0.157. The van der Waals surface area contributed by atoms with Gasteiger partial charge < -0.3 is 34.1 Å². The summed E-state index contributed by atoms with van der Waals surface area (Å²) in [5.74, 6) is -0.476. The van der Waals surface area contributed by atoms with Gasteiger partial charge in [-0.25, -0.2) is 0 Å². The van der Waals surface area contributed by atoms with Gasteiger partial charge in [0.1, 0.15) is 52.7 Å². The van der Waals surface area contributed by atoms with Crippen molar-refractivity contribution in [3.05, 3.63) is 106 Å². The molecule has 14 heteroatoms. The Morgan fingerprint density at radius 3 is 2.64 bits per heavy atom. The third-order valence-corrected chi connectivity index (χ3v) is 12.4. The number of carboxylic acid groups (broad SMARTS) is 1. The van der Waals surface area contributed by atoms with Gasteiger partial charge in [-0.1, -0.05) is 60.5 Å². The SMILES string of the molecule is CCOC(=O)C1(CO)CCN(CCCOC2(COc3cc(OCc4cncc(C#N)c4)c(CN4CCCC[C@H]4C(=O)O)cc3Cl)C=CC=C(c3ccccc3)C2(C)Cl)C1. The van der Waals surface area contributed by atoms with Gasteiger partial charge in [0, 0.05) is 55.8 Å². The van der Waals surface area contributed by atoms with Crippen molar-refractivity contribution < 1.29 is 38.7 Å². The lowest BCUT2D eigenvalue weighted by atomic mass is 9.76. The van der Waals surface area contributed by atoms with E-state index in [1.807, 2.05) is 60.4 Å². The van der Waals surface area contributed by atoms with Crippen molar-refractivity contribution >= 4 is 40.7 Å². The molecule has 2 N–H and O–H groups in total. The monoisotopic (exact) mass is 846 g/mol. The topological polar surface area (TPSA) is 155 Å². The zero-order chi connectivity index (χ0) is 42.0. The van der Waals surface area contributed by atoms with Crippen molar-refractivity contribution in [3.8, 4) is 17.6 Å². The molecule has 0 saturated carbocycles. The number of ether oxygens (including phenoxy) is 4. The van der Waals surface area contributed by atoms with Gasteiger partial charge in [0.15, 0.2) is 0 Å². The minimum Gasteiger partial charge on any atom is -0.488 e. The van der Waals surface area contributed by atoms with E-state index in [-0.39, 0.29) is 32.4 Å². The number of aromatic nitrogens is 1. The maximum atomic E-state index is 12.7. The number of carboxylic acids is 1. The van der Waals surface area contributed by atoms with Crippen LogP contribution >= 0.6 is 23.2 Å². The molecule has 1 aliphatic carbocycles. The lowest BCUT2D eigenvalue weighted by Crippen LogP contribution is -2.55. The number of nitrogens with zero attached hydrogens (tertiary/aromatic N) is 4. The fraction of sp³-hybridized carbons (Fsp3) is 0.467. The quantitative estimate of drug-likeness (QED) is 0.0766. The Morgan fingerprint density at radius 2 is 1.90 bits per heavy atom. The normalized spacial score (nSPS) is 24.6. The van der Waals surface area contributed by atoms with E-state index in [1.165, 1.54) is 6.20 Å². The Hall–Kier alpha value is -4.48. The first-order chi connectivity index (χ1) is 28.4. The number of benzene rings is 2. The van der Waals surface area contributed by atoms with Gasteiger partial charge in [0.25, 0.3) is 0 Å². The summed E-state index contributed by atoms with van der Waals surface area (Å²) in [7, 11) is 0. The summed E-state index contributed by atoms with van der Waals surface area (Å²) in [5, 5.41) is 29.9. The van der Waals surface area contributed by atoms with Crippen LogP contribution in [0.1, 0.15) is 68.2 Å². The molecule has 3 heterocycles. The second-order valence-electron chi connectivity index (χ2n) is 15.6. The van der Waals surface area contributed by atoms with Gasteiger partial charge in [0.2, 0.25) is 0 Å². The van der Waals surface area contributed by atoms with Crippen molar-refractivity contribution in [3.63, 3.8) is 0 Å². The smallest absolute Gasteiger partial charge is 0.320 e. The highest BCUT2D eigenvalue weighted by molar-refractivity contribution is 6.32. The molecule has 12 nitrogen and oxygen atoms in total. The van der Waals surface area contributed by atoms with Crippen LogP contribution in [-0.2, 0) is 32.2 Å². The van der Waals surface area contributed by atoms with E-state index >= 15 is 0 Å². The number of likely N-dealkylation sites (tertiary alicyclic amines) is 2. The van der Waals surface area contributed by atoms with Gasteiger partial charge >= 0.3 is 11.9 Å². The van der Waals surface area contributed by atoms with Gasteiger partial charge in [-0.15, -0.1) is 11.6 Å². The molecule has 59 heavy (non-hydrogen) atoms. The maximum Gasteiger partial charge on any atom is 0.320 e. The molecule has 0 bridgehead atoms. The van der Waals surface area contributed by atoms with Crippen LogP contribution in [0, 0.1) is 16.7 Å². The number of aliphatic hydroxyl groups is 1. The number of aliphatic carboxylic acids is 1. The van der Waals surface area contributed by atoms with Crippen molar-refractivity contribution in [2.75, 3.05) is 52.6 Å². The van der Waals surface area contributed by atoms with Crippen LogP contribution < -0.4 is 9.47 Å². The number of aliphatic hydroxyl groups excluding tert-OH is 1. The fourth-order valence-electron chi connectivity index (χ4n) is 8.17. The highest BCUT2D eigenvalue weighted by Crippen LogP contribution is 2.48. The van der Waals surface area contributed by atoms with Crippen LogP contribution in [0.5, 0.6) is 11.5 Å². The van der Waals surface area contributed by atoms with Crippen molar-refractivity contribution in [2.24, 2.45) is 5.41 Å². The molecule has 1 aromatic heterocycles. The molecule has 314 valence electrons. The van der Waals surface area contributed by atoms with E-state index in [1.54, 1.807) is 31.3 Å². The van der Waals surface area contributed by atoms with Crippen LogP contribution in [0.3, 0.4) is 0 Å². The Morgan fingerprint density at radius 1 is 1.08 bits per heavy atom. The molecule has 2 fully saturated rings. The number of rotatable bonds is 18. The molecule has 2 aromatic carbocycles. The number of carbonyl (C=O) groups excluding carboxylic acids is 1. The zero-order valence-electron chi connectivity index (χ0n) is 33.6. The molecule has 0 spiro atoms. The third kappa shape index (κ3) is 10.1. The van der Waals surface area contributed by atoms with Gasteiger partial charge in [-0.3, -0.25) is 19.5 Å². The van der Waals surface area contributed by atoms with Crippen LogP contribution in [0.4, 0.5) is 0 Å². The highest BCUT2D eigenvalue weighted by Gasteiger charge is 2.52. The first kappa shape index (κ1) is 44.1. The molecule has 2 saturated heterocycles. The van der Waals surface area contributed by atoms with Crippen LogP contribution in [0.25, 0.3) is 5.57 Å². The van der Waals surface area contributed by atoms with Crippen LogP contribution in [0.15, 0.2) is 79.2 Å². The summed E-state index contributed by atoms with van der Waals surface area (Å²) in [5.41, 5.74) is 1.44. The average Bonchev–Trinajstić information content (AvgIpc) is 3.67. The number of carbonyl (C=O) groups is 2. The van der Waals surface area contributed by atoms with Crippen molar-refractivity contribution in [1.29, 1.82) is 5.26 Å². The van der Waals surface area contributed by atoms with E-state index in [2.05, 4.69) is 16.0 Å². The Bertz CT molecular complexity index is 2060. The zero-order valence-corrected chi connectivity index (χ0v) is 35.1. The summed E-state index contributed by atoms with van der Waals surface area (Å²) < 4.78 is 25.1. The number of alkyl halides is 1. The van der Waals surface area contributed by atoms with Crippen molar-refractivity contribution in [2.45, 2.75) is 75.6 Å². The Labute approximate surface area is 355 Å². The second kappa shape index (κ2) is 19.7. The van der Waals surface area contributed by atoms with E-state index in [0.29, 0.717) is 91.8 Å². The fourth-order valence-corrected chi connectivity index (χ4v) is 8.75. The predicted molar refractivity (Wildman–Crippen MR) is 224 cm³/mol. The number of hydrogen-bond acceptors (Lipinski definition) is 11. The van der Waals surface area contributed by atoms with E-state index < -0.39 is 27.9 Å². The number of hydrogen-bond donors (Lipinski definition) is 2. The molecule has 0 radical (unpaired) electrons. The minimum atomic E-state index is -1.19. The van der Waals surface area contributed by atoms with Crippen LogP contribution in [0.2, 0.25) is 5.02 Å². The standard InChI is InChI=1S/C45H52Cl2N4O8/c1-3-56-42(55)44(30-52)16-19-50(29-44)17-10-20-59-45(15-9-13-36(43(45,2)47)34-11-5-4-6-12-34)31-58-40-23-39(57-28-33-21-32(24-48)25-49-26-33)35(22-37(40)46)27-51-18-8-7-14-38(51)41(53)54/h4-6,9,11-13,15,21-23,25-26,38,52H,3,7-8,10,14,16-20,27-31H2,1-2H3,(H,53,54)/t38-,43?,44?,45?/m0/s1. The summed E-state index contributed by atoms with van der Waals surface area (Å²) in [6.07, 6.45) is 12.3. The maximum absolute atomic E-state index is 12.7. The van der Waals surface area contributed by atoms with Gasteiger partial charge in [0.05, 0.1) is 23.8 Å². The molecule has 2 aliphatic heterocycles. The molecule has 3 unspecified atom stereocenters. The van der Waals surface area contributed by atoms with Gasteiger partial charge in [-0.05, 0) is 82.0 Å². The van der Waals surface area contributed by atoms with E-state index in [0.717, 1.165) is 24.0 Å². The van der Waals surface area contributed by atoms with Crippen LogP contribution in [-0.4, -0.2) is 106 Å². The summed E-state index contributed by atoms with van der Waals surface area (Å²) in [6, 6.07) is 16.5. The molecule has 3 aliphatic rings. The Kier molecular flexibility index (Phi) is 14.7. The second-order valence-corrected chi connectivity index (χ2v) is 16.7. The largest absolute Gasteiger partial charge is 0.488 e. The first-order valence-electron chi connectivity index (χ1n) is 20.1. The number of pyridine rings is 1. The molecular weight excluding hydrogens is 795 g/mol. The molecule has 4 atom stereocenters. The molecule has 0 amide bonds. The number of nitriles is 1. The van der Waals surface area contributed by atoms with E-state index in [9.17, 15) is 25.1 Å². The summed E-state index contributed by atoms with van der Waals surface area (Å²) in [6.45, 7) is 6.60. The summed E-state index contributed by atoms with van der Waals surface area (Å²) in [4.78, 5) is 32.0. The average molecular weight is 848 g/mol. The van der Waals surface area contributed by atoms with Crippen molar-refractivity contribution in [1.82, 2.24) is 14.8 Å². The summed E-state index contributed by atoms with van der Waals surface area (Å²) >= 11 is 14.6. The first-order valence-corrected chi connectivity index (χ1v) is 20.9. The minimum absolute atomic E-state index is 0.0340. The molecule has 6 rings (SSSR count). The number of esters is 1. The lowest BCUT2D eigenvalue weighted by Gasteiger charge is -2.45. The van der Waals surface area contributed by atoms with Gasteiger partial charge in [-0.2, -0.15) is 5.26 Å². The number of halogens is 2. The molecule has 3 aromatic rings. The van der Waals surface area contributed by atoms with E-state index in [4.69, 9.17) is 42.1 Å². The molecular formula is C45H52Cl2N4O8. The number of piperidine rings is 1. The Balaban J connectivity index is 1.25.